The van der Waals surface area contributed by atoms with E-state index in [0.29, 0.717) is 22.4 Å². The van der Waals surface area contributed by atoms with E-state index in [1.165, 1.54) is 12.1 Å². The molecule has 0 radical (unpaired) electrons. The van der Waals surface area contributed by atoms with E-state index >= 15 is 0 Å². The Hall–Kier alpha value is -2.78. The van der Waals surface area contributed by atoms with Crippen LogP contribution in [0.25, 0.3) is 0 Å². The molecule has 0 aliphatic heterocycles. The average molecular weight is 392 g/mol. The molecule has 4 nitrogen and oxygen atoms in total. The van der Waals surface area contributed by atoms with Crippen molar-refractivity contribution in [2.24, 2.45) is 0 Å². The third-order valence-electron chi connectivity index (χ3n) is 3.64. The molecule has 1 aromatic heterocycles. The highest BCUT2D eigenvalue weighted by molar-refractivity contribution is 5.75. The van der Waals surface area contributed by atoms with E-state index < -0.39 is 41.5 Å². The molecule has 1 amide bonds. The first-order valence-electron chi connectivity index (χ1n) is 7.67. The van der Waals surface area contributed by atoms with E-state index in [9.17, 15) is 35.9 Å². The number of rotatable bonds is 5. The molecular formula is C17H14F6N2O2. The van der Waals surface area contributed by atoms with Crippen LogP contribution in [-0.2, 0) is 30.1 Å². The zero-order chi connectivity index (χ0) is 20.2. The molecule has 0 saturated heterocycles. The van der Waals surface area contributed by atoms with Crippen molar-refractivity contribution in [3.05, 3.63) is 69.6 Å². The first-order valence-corrected chi connectivity index (χ1v) is 7.67. The highest BCUT2D eigenvalue weighted by atomic mass is 19.4. The van der Waals surface area contributed by atoms with Crippen molar-refractivity contribution in [1.82, 2.24) is 9.88 Å². The molecule has 2 rings (SSSR count). The molecule has 0 spiro atoms. The third kappa shape index (κ3) is 5.87. The fraction of sp³-hybridized carbons (Fsp3) is 0.294. The fourth-order valence-electron chi connectivity index (χ4n) is 2.24. The molecule has 10 heteroatoms. The summed E-state index contributed by atoms with van der Waals surface area (Å²) in [5.41, 5.74) is -2.07. The van der Waals surface area contributed by atoms with Gasteiger partial charge < -0.3 is 9.88 Å². The van der Waals surface area contributed by atoms with Gasteiger partial charge in [0, 0.05) is 18.8 Å². The molecule has 0 bridgehead atoms. The lowest BCUT2D eigenvalue weighted by molar-refractivity contribution is -0.138. The number of carbonyl (C=O) groups is 1. The summed E-state index contributed by atoms with van der Waals surface area (Å²) in [5.74, 6) is -0.691. The zero-order valence-electron chi connectivity index (χ0n) is 13.7. The molecule has 0 aliphatic carbocycles. The minimum atomic E-state index is -4.64. The van der Waals surface area contributed by atoms with Gasteiger partial charge >= 0.3 is 12.4 Å². The number of aromatic nitrogens is 1. The van der Waals surface area contributed by atoms with Crippen LogP contribution in [0.15, 0.2) is 47.4 Å². The van der Waals surface area contributed by atoms with Crippen LogP contribution in [0.2, 0.25) is 0 Å². The number of benzene rings is 1. The normalized spacial score (nSPS) is 12.1. The van der Waals surface area contributed by atoms with Gasteiger partial charge in [-0.05, 0) is 30.2 Å². The van der Waals surface area contributed by atoms with Crippen LogP contribution >= 0.6 is 0 Å². The van der Waals surface area contributed by atoms with E-state index in [1.807, 2.05) is 0 Å². The van der Waals surface area contributed by atoms with Crippen LogP contribution in [0.4, 0.5) is 26.3 Å². The summed E-state index contributed by atoms with van der Waals surface area (Å²) in [7, 11) is 0. The van der Waals surface area contributed by atoms with Crippen LogP contribution in [-0.4, -0.2) is 17.0 Å². The number of hydrogen-bond acceptors (Lipinski definition) is 2. The molecule has 146 valence electrons. The van der Waals surface area contributed by atoms with Crippen molar-refractivity contribution < 1.29 is 31.1 Å². The maximum absolute atomic E-state index is 12.6. The molecule has 0 atom stereocenters. The monoisotopic (exact) mass is 392 g/mol. The molecule has 1 aromatic carbocycles. The SMILES string of the molecule is O=C(Cn1cc(C(F)(F)F)ccc1=O)NCCc1ccc(C(F)(F)F)cc1. The molecule has 1 N–H and O–H groups in total. The highest BCUT2D eigenvalue weighted by Crippen LogP contribution is 2.29. The number of hydrogen-bond donors (Lipinski definition) is 1. The van der Waals surface area contributed by atoms with E-state index in [0.717, 1.165) is 18.2 Å². The van der Waals surface area contributed by atoms with Crippen LogP contribution in [0.3, 0.4) is 0 Å². The van der Waals surface area contributed by atoms with Gasteiger partial charge in [0.15, 0.2) is 0 Å². The van der Waals surface area contributed by atoms with E-state index in [1.54, 1.807) is 0 Å². The predicted molar refractivity (Wildman–Crippen MR) is 83.9 cm³/mol. The van der Waals surface area contributed by atoms with E-state index in [2.05, 4.69) is 5.32 Å². The standard InChI is InChI=1S/C17H14F6N2O2/c18-16(19,20)12-3-1-11(2-4-12)7-8-24-14(26)10-25-9-13(17(21,22)23)5-6-15(25)27/h1-6,9H,7-8,10H2,(H,24,26). The number of halogens is 6. The lowest BCUT2D eigenvalue weighted by Gasteiger charge is -2.11. The molecule has 1 heterocycles. The molecule has 0 saturated carbocycles. The average Bonchev–Trinajstić information content (AvgIpc) is 2.55. The van der Waals surface area contributed by atoms with Crippen LogP contribution in [0.1, 0.15) is 16.7 Å². The number of pyridine rings is 1. The summed E-state index contributed by atoms with van der Waals surface area (Å²) in [4.78, 5) is 23.4. The Kier molecular flexibility index (Phi) is 5.97. The smallest absolute Gasteiger partial charge is 0.354 e. The first-order chi connectivity index (χ1) is 12.5. The Morgan fingerprint density at radius 1 is 0.889 bits per heavy atom. The molecule has 27 heavy (non-hydrogen) atoms. The largest absolute Gasteiger partial charge is 0.417 e. The maximum atomic E-state index is 12.6. The van der Waals surface area contributed by atoms with Crippen molar-refractivity contribution in [3.8, 4) is 0 Å². The Labute approximate surface area is 149 Å². The van der Waals surface area contributed by atoms with E-state index in [-0.39, 0.29) is 13.0 Å². The first kappa shape index (κ1) is 20.5. The number of alkyl halides is 6. The highest BCUT2D eigenvalue weighted by Gasteiger charge is 2.31. The van der Waals surface area contributed by atoms with Crippen LogP contribution < -0.4 is 10.9 Å². The second-order valence-corrected chi connectivity index (χ2v) is 5.68. The minimum Gasteiger partial charge on any atom is -0.354 e. The summed E-state index contributed by atoms with van der Waals surface area (Å²) in [6.07, 6.45) is -8.31. The Morgan fingerprint density at radius 2 is 1.44 bits per heavy atom. The summed E-state index contributed by atoms with van der Waals surface area (Å²) in [6.45, 7) is -0.548. The quantitative estimate of drug-likeness (QED) is 0.795. The van der Waals surface area contributed by atoms with Gasteiger partial charge in [-0.1, -0.05) is 12.1 Å². The minimum absolute atomic E-state index is 0.0535. The van der Waals surface area contributed by atoms with Gasteiger partial charge in [-0.15, -0.1) is 0 Å². The summed E-state index contributed by atoms with van der Waals surface area (Å²) >= 11 is 0. The van der Waals surface area contributed by atoms with Gasteiger partial charge in [-0.2, -0.15) is 26.3 Å². The Bertz CT molecular complexity index is 853. The van der Waals surface area contributed by atoms with Gasteiger partial charge in [0.05, 0.1) is 11.1 Å². The zero-order valence-corrected chi connectivity index (χ0v) is 13.7. The predicted octanol–water partition coefficient (Wildman–Crippen LogP) is 3.24. The van der Waals surface area contributed by atoms with Gasteiger partial charge in [0.1, 0.15) is 6.54 Å². The second-order valence-electron chi connectivity index (χ2n) is 5.68. The molecule has 2 aromatic rings. The molecule has 0 fully saturated rings. The third-order valence-corrected chi connectivity index (χ3v) is 3.64. The number of nitrogens with zero attached hydrogens (tertiary/aromatic N) is 1. The molecular weight excluding hydrogens is 378 g/mol. The van der Waals surface area contributed by atoms with Gasteiger partial charge in [-0.3, -0.25) is 9.59 Å². The molecule has 0 unspecified atom stereocenters. The number of carbonyl (C=O) groups excluding carboxylic acids is 1. The fourth-order valence-corrected chi connectivity index (χ4v) is 2.24. The Morgan fingerprint density at radius 3 is 2.00 bits per heavy atom. The van der Waals surface area contributed by atoms with E-state index in [4.69, 9.17) is 0 Å². The van der Waals surface area contributed by atoms with Crippen LogP contribution in [0, 0.1) is 0 Å². The number of nitrogens with one attached hydrogen (secondary N) is 1. The van der Waals surface area contributed by atoms with Crippen molar-refractivity contribution in [2.45, 2.75) is 25.3 Å². The van der Waals surface area contributed by atoms with Gasteiger partial charge in [0.25, 0.3) is 5.56 Å². The van der Waals surface area contributed by atoms with Crippen molar-refractivity contribution in [1.29, 1.82) is 0 Å². The van der Waals surface area contributed by atoms with Crippen molar-refractivity contribution in [2.75, 3.05) is 6.54 Å². The lowest BCUT2D eigenvalue weighted by atomic mass is 10.1. The lowest BCUT2D eigenvalue weighted by Crippen LogP contribution is -2.33. The summed E-state index contributed by atoms with van der Waals surface area (Å²) < 4.78 is 76.0. The summed E-state index contributed by atoms with van der Waals surface area (Å²) in [6, 6.07) is 5.72. The topological polar surface area (TPSA) is 51.1 Å². The van der Waals surface area contributed by atoms with Crippen molar-refractivity contribution >= 4 is 5.91 Å². The van der Waals surface area contributed by atoms with Crippen molar-refractivity contribution in [3.63, 3.8) is 0 Å². The molecule has 0 aliphatic rings. The van der Waals surface area contributed by atoms with Gasteiger partial charge in [0.2, 0.25) is 5.91 Å². The van der Waals surface area contributed by atoms with Gasteiger partial charge in [-0.25, -0.2) is 0 Å². The Balaban J connectivity index is 1.91. The summed E-state index contributed by atoms with van der Waals surface area (Å²) in [5, 5.41) is 2.41. The van der Waals surface area contributed by atoms with Crippen LogP contribution in [0.5, 0.6) is 0 Å². The second kappa shape index (κ2) is 7.85. The number of amides is 1. The maximum Gasteiger partial charge on any atom is 0.417 e.